The van der Waals surface area contributed by atoms with E-state index in [9.17, 15) is 4.79 Å². The van der Waals surface area contributed by atoms with Gasteiger partial charge in [0.2, 0.25) is 0 Å². The third kappa shape index (κ3) is 5.10. The van der Waals surface area contributed by atoms with Crippen LogP contribution in [0.4, 0.5) is 5.69 Å². The van der Waals surface area contributed by atoms with Crippen LogP contribution >= 0.6 is 0 Å². The van der Waals surface area contributed by atoms with Crippen LogP contribution in [-0.4, -0.2) is 30.5 Å². The Hall–Kier alpha value is -2.33. The Labute approximate surface area is 144 Å². The van der Waals surface area contributed by atoms with Crippen molar-refractivity contribution in [2.75, 3.05) is 25.0 Å². The molecule has 2 aromatic carbocycles. The van der Waals surface area contributed by atoms with Gasteiger partial charge in [0.25, 0.3) is 5.91 Å². The number of carbonyl (C=O) groups is 1. The molecule has 128 valence electrons. The summed E-state index contributed by atoms with van der Waals surface area (Å²) in [6.45, 7) is 9.77. The SMILES string of the molecule is CCOc1ccc(C(=O)Nc2cccc(CN(CC)CC)c2)cc1. The molecule has 0 atom stereocenters. The second-order valence-corrected chi connectivity index (χ2v) is 5.57. The zero-order valence-corrected chi connectivity index (χ0v) is 14.7. The van der Waals surface area contributed by atoms with Crippen LogP contribution < -0.4 is 10.1 Å². The predicted molar refractivity (Wildman–Crippen MR) is 98.6 cm³/mol. The van der Waals surface area contributed by atoms with Gasteiger partial charge in [-0.15, -0.1) is 0 Å². The topological polar surface area (TPSA) is 41.6 Å². The Morgan fingerprint density at radius 1 is 1.04 bits per heavy atom. The second kappa shape index (κ2) is 9.08. The van der Waals surface area contributed by atoms with Crippen molar-refractivity contribution in [2.45, 2.75) is 27.3 Å². The maximum Gasteiger partial charge on any atom is 0.255 e. The standard InChI is InChI=1S/C20H26N2O2/c1-4-22(5-2)15-16-8-7-9-18(14-16)21-20(23)17-10-12-19(13-11-17)24-6-3/h7-14H,4-6,15H2,1-3H3,(H,21,23). The second-order valence-electron chi connectivity index (χ2n) is 5.57. The van der Waals surface area contributed by atoms with Gasteiger partial charge in [0, 0.05) is 17.8 Å². The van der Waals surface area contributed by atoms with Crippen LogP contribution in [-0.2, 0) is 6.54 Å². The number of amides is 1. The Bertz CT molecular complexity index is 649. The molecule has 0 aliphatic carbocycles. The highest BCUT2D eigenvalue weighted by molar-refractivity contribution is 6.04. The lowest BCUT2D eigenvalue weighted by Crippen LogP contribution is -2.22. The third-order valence-electron chi connectivity index (χ3n) is 3.91. The summed E-state index contributed by atoms with van der Waals surface area (Å²) in [7, 11) is 0. The van der Waals surface area contributed by atoms with E-state index >= 15 is 0 Å². The fourth-order valence-electron chi connectivity index (χ4n) is 2.53. The Kier molecular flexibility index (Phi) is 6.82. The van der Waals surface area contributed by atoms with Gasteiger partial charge in [0.1, 0.15) is 5.75 Å². The fourth-order valence-corrected chi connectivity index (χ4v) is 2.53. The first-order valence-electron chi connectivity index (χ1n) is 8.51. The Balaban J connectivity index is 2.03. The minimum atomic E-state index is -0.113. The smallest absolute Gasteiger partial charge is 0.255 e. The van der Waals surface area contributed by atoms with E-state index in [1.165, 1.54) is 5.56 Å². The number of rotatable bonds is 8. The molecular weight excluding hydrogens is 300 g/mol. The first kappa shape index (κ1) is 18.0. The van der Waals surface area contributed by atoms with Crippen molar-refractivity contribution in [3.05, 3.63) is 59.7 Å². The molecule has 4 nitrogen and oxygen atoms in total. The van der Waals surface area contributed by atoms with Gasteiger partial charge in [-0.1, -0.05) is 26.0 Å². The van der Waals surface area contributed by atoms with Crippen molar-refractivity contribution in [2.24, 2.45) is 0 Å². The van der Waals surface area contributed by atoms with Crippen LogP contribution in [0, 0.1) is 0 Å². The normalized spacial score (nSPS) is 10.7. The molecule has 0 aromatic heterocycles. The van der Waals surface area contributed by atoms with E-state index in [1.54, 1.807) is 12.1 Å². The van der Waals surface area contributed by atoms with E-state index in [1.807, 2.05) is 37.3 Å². The summed E-state index contributed by atoms with van der Waals surface area (Å²) in [4.78, 5) is 14.7. The highest BCUT2D eigenvalue weighted by atomic mass is 16.5. The van der Waals surface area contributed by atoms with Crippen LogP contribution in [0.2, 0.25) is 0 Å². The van der Waals surface area contributed by atoms with Gasteiger partial charge in [-0.2, -0.15) is 0 Å². The molecule has 0 bridgehead atoms. The zero-order valence-electron chi connectivity index (χ0n) is 14.7. The number of nitrogens with one attached hydrogen (secondary N) is 1. The fraction of sp³-hybridized carbons (Fsp3) is 0.350. The summed E-state index contributed by atoms with van der Waals surface area (Å²) < 4.78 is 5.40. The molecule has 2 aromatic rings. The van der Waals surface area contributed by atoms with Crippen LogP contribution in [0.15, 0.2) is 48.5 Å². The average Bonchev–Trinajstić information content (AvgIpc) is 2.61. The maximum atomic E-state index is 12.4. The molecule has 1 N–H and O–H groups in total. The maximum absolute atomic E-state index is 12.4. The molecule has 0 unspecified atom stereocenters. The van der Waals surface area contributed by atoms with Gasteiger partial charge >= 0.3 is 0 Å². The minimum Gasteiger partial charge on any atom is -0.494 e. The van der Waals surface area contributed by atoms with E-state index in [0.29, 0.717) is 12.2 Å². The third-order valence-corrected chi connectivity index (χ3v) is 3.91. The summed E-state index contributed by atoms with van der Waals surface area (Å²) in [5, 5.41) is 2.96. The van der Waals surface area contributed by atoms with E-state index in [2.05, 4.69) is 30.1 Å². The lowest BCUT2D eigenvalue weighted by atomic mass is 10.1. The van der Waals surface area contributed by atoms with E-state index in [4.69, 9.17) is 4.74 Å². The number of hydrogen-bond acceptors (Lipinski definition) is 3. The molecule has 0 aliphatic rings. The summed E-state index contributed by atoms with van der Waals surface area (Å²) in [6, 6.07) is 15.2. The molecule has 0 radical (unpaired) electrons. The number of benzene rings is 2. The lowest BCUT2D eigenvalue weighted by Gasteiger charge is -2.18. The molecule has 0 spiro atoms. The Morgan fingerprint density at radius 2 is 1.75 bits per heavy atom. The van der Waals surface area contributed by atoms with Crippen molar-refractivity contribution in [1.29, 1.82) is 0 Å². The minimum absolute atomic E-state index is 0.113. The largest absolute Gasteiger partial charge is 0.494 e. The molecule has 0 heterocycles. The summed E-state index contributed by atoms with van der Waals surface area (Å²) in [6.07, 6.45) is 0. The Morgan fingerprint density at radius 3 is 2.38 bits per heavy atom. The average molecular weight is 326 g/mol. The number of carbonyl (C=O) groups excluding carboxylic acids is 1. The monoisotopic (exact) mass is 326 g/mol. The van der Waals surface area contributed by atoms with Crippen LogP contribution in [0.3, 0.4) is 0 Å². The highest BCUT2D eigenvalue weighted by Crippen LogP contribution is 2.16. The summed E-state index contributed by atoms with van der Waals surface area (Å²) in [5.74, 6) is 0.660. The van der Waals surface area contributed by atoms with Crippen LogP contribution in [0.25, 0.3) is 0 Å². The van der Waals surface area contributed by atoms with Crippen LogP contribution in [0.5, 0.6) is 5.75 Å². The van der Waals surface area contributed by atoms with Crippen molar-refractivity contribution in [1.82, 2.24) is 4.90 Å². The van der Waals surface area contributed by atoms with Gasteiger partial charge in [-0.05, 0) is 62.0 Å². The van der Waals surface area contributed by atoms with Crippen molar-refractivity contribution in [3.63, 3.8) is 0 Å². The van der Waals surface area contributed by atoms with E-state index in [0.717, 1.165) is 31.1 Å². The first-order valence-corrected chi connectivity index (χ1v) is 8.51. The quantitative estimate of drug-likeness (QED) is 0.791. The van der Waals surface area contributed by atoms with E-state index in [-0.39, 0.29) is 5.91 Å². The molecule has 1 amide bonds. The van der Waals surface area contributed by atoms with E-state index < -0.39 is 0 Å². The predicted octanol–water partition coefficient (Wildman–Crippen LogP) is 4.18. The van der Waals surface area contributed by atoms with Gasteiger partial charge in [0.15, 0.2) is 0 Å². The lowest BCUT2D eigenvalue weighted by molar-refractivity contribution is 0.102. The van der Waals surface area contributed by atoms with Crippen molar-refractivity contribution in [3.8, 4) is 5.75 Å². The molecule has 4 heteroatoms. The highest BCUT2D eigenvalue weighted by Gasteiger charge is 2.07. The van der Waals surface area contributed by atoms with Gasteiger partial charge < -0.3 is 10.1 Å². The molecule has 0 saturated carbocycles. The number of anilines is 1. The molecule has 2 rings (SSSR count). The zero-order chi connectivity index (χ0) is 17.4. The summed E-state index contributed by atoms with van der Waals surface area (Å²) >= 11 is 0. The van der Waals surface area contributed by atoms with Gasteiger partial charge in [-0.25, -0.2) is 0 Å². The first-order chi connectivity index (χ1) is 11.7. The number of ether oxygens (including phenoxy) is 1. The number of nitrogens with zero attached hydrogens (tertiary/aromatic N) is 1. The van der Waals surface area contributed by atoms with Gasteiger partial charge in [-0.3, -0.25) is 9.69 Å². The summed E-state index contributed by atoms with van der Waals surface area (Å²) in [5.41, 5.74) is 2.63. The molecule has 0 aliphatic heterocycles. The molecule has 0 saturated heterocycles. The van der Waals surface area contributed by atoms with Crippen molar-refractivity contribution < 1.29 is 9.53 Å². The van der Waals surface area contributed by atoms with Crippen molar-refractivity contribution >= 4 is 11.6 Å². The van der Waals surface area contributed by atoms with Crippen LogP contribution in [0.1, 0.15) is 36.7 Å². The number of hydrogen-bond donors (Lipinski definition) is 1. The molecular formula is C20H26N2O2. The van der Waals surface area contributed by atoms with Gasteiger partial charge in [0.05, 0.1) is 6.61 Å². The molecule has 24 heavy (non-hydrogen) atoms. The molecule has 0 fully saturated rings.